The number of carbonyl (C=O) groups is 2. The maximum Gasteiger partial charge on any atom is 0.313 e. The van der Waals surface area contributed by atoms with E-state index in [9.17, 15) is 19.7 Å². The van der Waals surface area contributed by atoms with E-state index in [-0.39, 0.29) is 11.4 Å². The number of amides is 2. The van der Waals surface area contributed by atoms with Crippen LogP contribution >= 0.6 is 0 Å². The number of non-ortho nitro benzene ring substituents is 1. The highest BCUT2D eigenvalue weighted by molar-refractivity contribution is 6.39. The lowest BCUT2D eigenvalue weighted by atomic mass is 10.2. The van der Waals surface area contributed by atoms with E-state index in [1.54, 1.807) is 14.0 Å². The zero-order valence-corrected chi connectivity index (χ0v) is 18.2. The highest BCUT2D eigenvalue weighted by Gasteiger charge is 2.20. The van der Waals surface area contributed by atoms with Crippen molar-refractivity contribution in [3.63, 3.8) is 0 Å². The first-order valence-corrected chi connectivity index (χ1v) is 10.3. The van der Waals surface area contributed by atoms with E-state index < -0.39 is 16.7 Å². The molecule has 2 N–H and O–H groups in total. The Morgan fingerprint density at radius 2 is 1.81 bits per heavy atom. The van der Waals surface area contributed by atoms with Gasteiger partial charge in [-0.1, -0.05) is 18.2 Å². The molecule has 1 aliphatic heterocycles. The quantitative estimate of drug-likeness (QED) is 0.382. The number of methoxy groups -OCH3 is 1. The predicted molar refractivity (Wildman–Crippen MR) is 121 cm³/mol. The Labute approximate surface area is 186 Å². The summed E-state index contributed by atoms with van der Waals surface area (Å²) >= 11 is 0. The highest BCUT2D eigenvalue weighted by atomic mass is 16.6. The predicted octanol–water partition coefficient (Wildman–Crippen LogP) is 1.79. The number of hydrogen-bond acceptors (Lipinski definition) is 7. The maximum absolute atomic E-state index is 12.2. The SMILES string of the molecule is COc1ccccc1N1CCN(CCNC(=O)C(=O)Nc2cc([N+](=O)[O-])ccc2C)CC1. The molecule has 1 fully saturated rings. The molecule has 0 spiro atoms. The lowest BCUT2D eigenvalue weighted by Crippen LogP contribution is -2.49. The van der Waals surface area contributed by atoms with Crippen LogP contribution < -0.4 is 20.3 Å². The second kappa shape index (κ2) is 10.6. The molecule has 1 saturated heterocycles. The van der Waals surface area contributed by atoms with Crippen LogP contribution in [0.3, 0.4) is 0 Å². The van der Waals surface area contributed by atoms with E-state index in [2.05, 4.69) is 20.4 Å². The molecule has 1 heterocycles. The third-order valence-electron chi connectivity index (χ3n) is 5.40. The monoisotopic (exact) mass is 441 g/mol. The molecule has 0 aromatic heterocycles. The molecule has 0 saturated carbocycles. The number of hydrogen-bond donors (Lipinski definition) is 2. The molecule has 0 radical (unpaired) electrons. The Hall–Kier alpha value is -3.66. The Balaban J connectivity index is 1.43. The van der Waals surface area contributed by atoms with Crippen molar-refractivity contribution in [3.05, 3.63) is 58.1 Å². The van der Waals surface area contributed by atoms with Crippen LogP contribution in [0.1, 0.15) is 5.56 Å². The molecule has 1 aliphatic rings. The number of anilines is 2. The molecular formula is C22H27N5O5. The molecule has 10 heteroatoms. The summed E-state index contributed by atoms with van der Waals surface area (Å²) in [5.74, 6) is -0.781. The summed E-state index contributed by atoms with van der Waals surface area (Å²) < 4.78 is 5.43. The molecule has 0 aliphatic carbocycles. The van der Waals surface area contributed by atoms with E-state index in [1.165, 1.54) is 18.2 Å². The number of nitrogens with one attached hydrogen (secondary N) is 2. The van der Waals surface area contributed by atoms with Gasteiger partial charge < -0.3 is 20.3 Å². The van der Waals surface area contributed by atoms with Gasteiger partial charge in [-0.3, -0.25) is 24.6 Å². The van der Waals surface area contributed by atoms with Gasteiger partial charge >= 0.3 is 11.8 Å². The van der Waals surface area contributed by atoms with Crippen molar-refractivity contribution < 1.29 is 19.2 Å². The smallest absolute Gasteiger partial charge is 0.313 e. The Morgan fingerprint density at radius 3 is 2.50 bits per heavy atom. The number of piperazine rings is 1. The summed E-state index contributed by atoms with van der Waals surface area (Å²) in [5.41, 5.74) is 1.78. The number of nitro groups is 1. The largest absolute Gasteiger partial charge is 0.495 e. The normalized spacial score (nSPS) is 14.0. The average molecular weight is 441 g/mol. The fourth-order valence-corrected chi connectivity index (χ4v) is 3.55. The van der Waals surface area contributed by atoms with Crippen LogP contribution in [-0.2, 0) is 9.59 Å². The number of rotatable bonds is 7. The van der Waals surface area contributed by atoms with E-state index in [0.717, 1.165) is 37.6 Å². The molecule has 3 rings (SSSR count). The first-order valence-electron chi connectivity index (χ1n) is 10.3. The van der Waals surface area contributed by atoms with E-state index in [0.29, 0.717) is 18.7 Å². The molecule has 10 nitrogen and oxygen atoms in total. The number of nitrogens with zero attached hydrogens (tertiary/aromatic N) is 3. The van der Waals surface area contributed by atoms with Crippen LogP contribution in [0.25, 0.3) is 0 Å². The zero-order chi connectivity index (χ0) is 23.1. The Bertz CT molecular complexity index is 988. The van der Waals surface area contributed by atoms with Crippen LogP contribution in [-0.4, -0.2) is 68.0 Å². The second-order valence-corrected chi connectivity index (χ2v) is 7.47. The maximum atomic E-state index is 12.2. The fraction of sp³-hybridized carbons (Fsp3) is 0.364. The van der Waals surface area contributed by atoms with Gasteiger partial charge in [-0.25, -0.2) is 0 Å². The van der Waals surface area contributed by atoms with Crippen molar-refractivity contribution in [3.8, 4) is 5.75 Å². The van der Waals surface area contributed by atoms with Crippen molar-refractivity contribution in [2.75, 3.05) is 56.6 Å². The molecule has 170 valence electrons. The number of benzene rings is 2. The van der Waals surface area contributed by atoms with Gasteiger partial charge in [-0.15, -0.1) is 0 Å². The van der Waals surface area contributed by atoms with E-state index in [4.69, 9.17) is 4.74 Å². The van der Waals surface area contributed by atoms with Crippen molar-refractivity contribution in [1.82, 2.24) is 10.2 Å². The first-order chi connectivity index (χ1) is 15.4. The third kappa shape index (κ3) is 5.73. The topological polar surface area (TPSA) is 117 Å². The average Bonchev–Trinajstić information content (AvgIpc) is 2.80. The lowest BCUT2D eigenvalue weighted by molar-refractivity contribution is -0.384. The minimum atomic E-state index is -0.852. The summed E-state index contributed by atoms with van der Waals surface area (Å²) in [7, 11) is 1.66. The fourth-order valence-electron chi connectivity index (χ4n) is 3.55. The summed E-state index contributed by atoms with van der Waals surface area (Å²) in [6, 6.07) is 12.0. The minimum Gasteiger partial charge on any atom is -0.495 e. The van der Waals surface area contributed by atoms with Gasteiger partial charge in [0.2, 0.25) is 0 Å². The lowest BCUT2D eigenvalue weighted by Gasteiger charge is -2.36. The van der Waals surface area contributed by atoms with Gasteiger partial charge in [-0.05, 0) is 24.6 Å². The molecule has 0 bridgehead atoms. The van der Waals surface area contributed by atoms with Crippen LogP contribution in [0.2, 0.25) is 0 Å². The molecule has 0 unspecified atom stereocenters. The van der Waals surface area contributed by atoms with Crippen LogP contribution in [0.4, 0.5) is 17.1 Å². The summed E-state index contributed by atoms with van der Waals surface area (Å²) in [5, 5.41) is 16.0. The highest BCUT2D eigenvalue weighted by Crippen LogP contribution is 2.28. The van der Waals surface area contributed by atoms with Crippen molar-refractivity contribution in [2.24, 2.45) is 0 Å². The number of carbonyl (C=O) groups excluding carboxylic acids is 2. The summed E-state index contributed by atoms with van der Waals surface area (Å²) in [6.45, 7) is 5.97. The molecular weight excluding hydrogens is 414 g/mol. The number of para-hydroxylation sites is 2. The van der Waals surface area contributed by atoms with Crippen LogP contribution in [0.15, 0.2) is 42.5 Å². The summed E-state index contributed by atoms with van der Waals surface area (Å²) in [6.07, 6.45) is 0. The minimum absolute atomic E-state index is 0.154. The third-order valence-corrected chi connectivity index (χ3v) is 5.40. The van der Waals surface area contributed by atoms with Gasteiger partial charge in [0.25, 0.3) is 5.69 Å². The van der Waals surface area contributed by atoms with Gasteiger partial charge in [-0.2, -0.15) is 0 Å². The van der Waals surface area contributed by atoms with Crippen LogP contribution in [0, 0.1) is 17.0 Å². The van der Waals surface area contributed by atoms with Crippen molar-refractivity contribution in [2.45, 2.75) is 6.92 Å². The molecule has 2 aromatic rings. The summed E-state index contributed by atoms with van der Waals surface area (Å²) in [4.78, 5) is 39.1. The Morgan fingerprint density at radius 1 is 1.09 bits per heavy atom. The van der Waals surface area contributed by atoms with Gasteiger partial charge in [0, 0.05) is 51.4 Å². The van der Waals surface area contributed by atoms with Gasteiger partial charge in [0.15, 0.2) is 0 Å². The standard InChI is InChI=1S/C22H27N5O5/c1-16-7-8-17(27(30)31)15-18(16)24-22(29)21(28)23-9-10-25-11-13-26(14-12-25)19-5-3-4-6-20(19)32-2/h3-8,15H,9-14H2,1-2H3,(H,23,28)(H,24,29). The first kappa shape index (κ1) is 23.0. The van der Waals surface area contributed by atoms with E-state index >= 15 is 0 Å². The number of nitro benzene ring substituents is 1. The Kier molecular flexibility index (Phi) is 7.61. The molecule has 32 heavy (non-hydrogen) atoms. The molecule has 2 aromatic carbocycles. The van der Waals surface area contributed by atoms with Crippen LogP contribution in [0.5, 0.6) is 5.75 Å². The van der Waals surface area contributed by atoms with E-state index in [1.807, 2.05) is 24.3 Å². The number of ether oxygens (including phenoxy) is 1. The van der Waals surface area contributed by atoms with Gasteiger partial charge in [0.05, 0.1) is 23.4 Å². The molecule has 2 amide bonds. The van der Waals surface area contributed by atoms with Gasteiger partial charge in [0.1, 0.15) is 5.75 Å². The number of aryl methyl sites for hydroxylation is 1. The molecule has 0 atom stereocenters. The zero-order valence-electron chi connectivity index (χ0n) is 18.2. The second-order valence-electron chi connectivity index (χ2n) is 7.47. The van der Waals surface area contributed by atoms with Crippen molar-refractivity contribution in [1.29, 1.82) is 0 Å². The van der Waals surface area contributed by atoms with Crippen molar-refractivity contribution >= 4 is 28.9 Å².